The van der Waals surface area contributed by atoms with Gasteiger partial charge in [-0.15, -0.1) is 0 Å². The second-order valence-electron chi connectivity index (χ2n) is 3.83. The zero-order chi connectivity index (χ0) is 12.9. The molecule has 0 aliphatic carbocycles. The van der Waals surface area contributed by atoms with Gasteiger partial charge in [0.05, 0.1) is 10.7 Å². The quantitative estimate of drug-likeness (QED) is 0.576. The Morgan fingerprint density at radius 1 is 1.29 bits per heavy atom. The molecule has 0 atom stereocenters. The maximum atomic E-state index is 11.5. The van der Waals surface area contributed by atoms with Crippen LogP contribution in [0.25, 0.3) is 0 Å². The Balaban J connectivity index is 2.70. The number of rotatable bonds is 6. The molecule has 0 saturated heterocycles. The van der Waals surface area contributed by atoms with Crippen LogP contribution in [0.1, 0.15) is 18.9 Å². The lowest BCUT2D eigenvalue weighted by Gasteiger charge is -2.03. The molecule has 1 aromatic rings. The van der Waals surface area contributed by atoms with Gasteiger partial charge in [-0.2, -0.15) is 0 Å². The highest BCUT2D eigenvalue weighted by Crippen LogP contribution is 2.14. The highest BCUT2D eigenvalue weighted by molar-refractivity contribution is 7.91. The number of non-ortho nitro benzene ring substituents is 1. The van der Waals surface area contributed by atoms with Gasteiger partial charge in [0, 0.05) is 17.9 Å². The zero-order valence-electron chi connectivity index (χ0n) is 9.63. The molecule has 0 unspecified atom stereocenters. The summed E-state index contributed by atoms with van der Waals surface area (Å²) in [5.41, 5.74) is 0.675. The van der Waals surface area contributed by atoms with E-state index in [9.17, 15) is 18.5 Å². The molecule has 0 aliphatic heterocycles. The first-order valence-corrected chi connectivity index (χ1v) is 7.20. The fourth-order valence-electron chi connectivity index (χ4n) is 1.51. The first-order chi connectivity index (χ1) is 7.94. The third-order valence-electron chi connectivity index (χ3n) is 2.34. The van der Waals surface area contributed by atoms with E-state index in [0.717, 1.165) is 0 Å². The number of aryl methyl sites for hydroxylation is 1. The van der Waals surface area contributed by atoms with Crippen molar-refractivity contribution in [2.45, 2.75) is 19.8 Å². The van der Waals surface area contributed by atoms with Crippen molar-refractivity contribution >= 4 is 15.5 Å². The number of hydrogen-bond donors (Lipinski definition) is 0. The third-order valence-corrected chi connectivity index (χ3v) is 4.19. The lowest BCUT2D eigenvalue weighted by Crippen LogP contribution is -2.12. The van der Waals surface area contributed by atoms with E-state index in [1.54, 1.807) is 12.1 Å². The molecule has 17 heavy (non-hydrogen) atoms. The van der Waals surface area contributed by atoms with Crippen molar-refractivity contribution in [3.63, 3.8) is 0 Å². The van der Waals surface area contributed by atoms with Crippen molar-refractivity contribution in [1.29, 1.82) is 0 Å². The lowest BCUT2D eigenvalue weighted by molar-refractivity contribution is -0.384. The largest absolute Gasteiger partial charge is 0.269 e. The van der Waals surface area contributed by atoms with Crippen LogP contribution in [0.2, 0.25) is 0 Å². The predicted octanol–water partition coefficient (Wildman–Crippen LogP) is 1.96. The molecule has 0 saturated carbocycles. The summed E-state index contributed by atoms with van der Waals surface area (Å²) < 4.78 is 23.0. The maximum absolute atomic E-state index is 11.5. The van der Waals surface area contributed by atoms with Crippen molar-refractivity contribution in [2.75, 3.05) is 11.5 Å². The summed E-state index contributed by atoms with van der Waals surface area (Å²) in [6.45, 7) is 1.81. The molecule has 1 aromatic carbocycles. The molecule has 0 spiro atoms. The molecular weight excluding hydrogens is 242 g/mol. The van der Waals surface area contributed by atoms with E-state index in [4.69, 9.17) is 0 Å². The summed E-state index contributed by atoms with van der Waals surface area (Å²) in [6.07, 6.45) is 0.918. The van der Waals surface area contributed by atoms with Crippen LogP contribution in [0.3, 0.4) is 0 Å². The third kappa shape index (κ3) is 4.52. The topological polar surface area (TPSA) is 77.3 Å². The molecule has 0 N–H and O–H groups in total. The molecule has 0 heterocycles. The van der Waals surface area contributed by atoms with Crippen molar-refractivity contribution in [2.24, 2.45) is 0 Å². The zero-order valence-corrected chi connectivity index (χ0v) is 10.4. The minimum absolute atomic E-state index is 0.00427. The summed E-state index contributed by atoms with van der Waals surface area (Å²) in [5.74, 6) is 0.212. The van der Waals surface area contributed by atoms with E-state index in [-0.39, 0.29) is 17.2 Å². The molecule has 0 radical (unpaired) electrons. The van der Waals surface area contributed by atoms with E-state index in [1.165, 1.54) is 12.1 Å². The number of hydrogen-bond acceptors (Lipinski definition) is 4. The maximum Gasteiger partial charge on any atom is 0.269 e. The Hall–Kier alpha value is -1.43. The molecule has 0 aromatic heterocycles. The molecule has 0 amide bonds. The average molecular weight is 257 g/mol. The van der Waals surface area contributed by atoms with Crippen LogP contribution in [0.15, 0.2) is 24.3 Å². The Labute approximate surface area is 101 Å². The molecule has 5 nitrogen and oxygen atoms in total. The van der Waals surface area contributed by atoms with Crippen molar-refractivity contribution in [3.8, 4) is 0 Å². The SMILES string of the molecule is CCCS(=O)(=O)CCc1cccc([N+](=O)[O-])c1. The van der Waals surface area contributed by atoms with Crippen LogP contribution < -0.4 is 0 Å². The van der Waals surface area contributed by atoms with Crippen molar-refractivity contribution < 1.29 is 13.3 Å². The molecular formula is C11H15NO4S. The lowest BCUT2D eigenvalue weighted by atomic mass is 10.1. The van der Waals surface area contributed by atoms with E-state index >= 15 is 0 Å². The summed E-state index contributed by atoms with van der Waals surface area (Å²) >= 11 is 0. The minimum atomic E-state index is -3.03. The van der Waals surface area contributed by atoms with Gasteiger partial charge in [-0.1, -0.05) is 19.1 Å². The van der Waals surface area contributed by atoms with Gasteiger partial charge in [0.2, 0.25) is 0 Å². The van der Waals surface area contributed by atoms with Crippen LogP contribution in [-0.4, -0.2) is 24.8 Å². The highest BCUT2D eigenvalue weighted by Gasteiger charge is 2.11. The second-order valence-corrected chi connectivity index (χ2v) is 6.13. The highest BCUT2D eigenvalue weighted by atomic mass is 32.2. The van der Waals surface area contributed by atoms with E-state index in [2.05, 4.69) is 0 Å². The molecule has 0 fully saturated rings. The normalized spacial score (nSPS) is 11.4. The van der Waals surface area contributed by atoms with Gasteiger partial charge >= 0.3 is 0 Å². The van der Waals surface area contributed by atoms with Gasteiger partial charge < -0.3 is 0 Å². The van der Waals surface area contributed by atoms with Gasteiger partial charge in [-0.25, -0.2) is 8.42 Å². The molecule has 94 valence electrons. The minimum Gasteiger partial charge on any atom is -0.258 e. The van der Waals surface area contributed by atoms with Gasteiger partial charge in [0.25, 0.3) is 5.69 Å². The van der Waals surface area contributed by atoms with Crippen LogP contribution in [0.4, 0.5) is 5.69 Å². The monoisotopic (exact) mass is 257 g/mol. The van der Waals surface area contributed by atoms with E-state index in [0.29, 0.717) is 18.4 Å². The predicted molar refractivity (Wildman–Crippen MR) is 65.7 cm³/mol. The first kappa shape index (κ1) is 13.6. The molecule has 0 aliphatic rings. The Bertz CT molecular complexity index is 496. The number of sulfone groups is 1. The van der Waals surface area contributed by atoms with E-state index < -0.39 is 14.8 Å². The fraction of sp³-hybridized carbons (Fsp3) is 0.455. The standard InChI is InChI=1S/C11H15NO4S/c1-2-7-17(15,16)8-6-10-4-3-5-11(9-10)12(13)14/h3-5,9H,2,6-8H2,1H3. The first-order valence-electron chi connectivity index (χ1n) is 5.38. The van der Waals surface area contributed by atoms with Crippen LogP contribution in [-0.2, 0) is 16.3 Å². The van der Waals surface area contributed by atoms with Crippen LogP contribution >= 0.6 is 0 Å². The summed E-state index contributed by atoms with van der Waals surface area (Å²) in [4.78, 5) is 10.1. The van der Waals surface area contributed by atoms with Gasteiger partial charge in [-0.3, -0.25) is 10.1 Å². The smallest absolute Gasteiger partial charge is 0.258 e. The Morgan fingerprint density at radius 3 is 2.59 bits per heavy atom. The van der Waals surface area contributed by atoms with Crippen LogP contribution in [0, 0.1) is 10.1 Å². The number of nitro benzene ring substituents is 1. The van der Waals surface area contributed by atoms with Crippen LogP contribution in [0.5, 0.6) is 0 Å². The van der Waals surface area contributed by atoms with Crippen molar-refractivity contribution in [3.05, 3.63) is 39.9 Å². The number of nitro groups is 1. The summed E-state index contributed by atoms with van der Waals surface area (Å²) in [7, 11) is -3.03. The average Bonchev–Trinajstić information content (AvgIpc) is 2.27. The molecule has 6 heteroatoms. The molecule has 1 rings (SSSR count). The van der Waals surface area contributed by atoms with Gasteiger partial charge in [-0.05, 0) is 18.4 Å². The summed E-state index contributed by atoms with van der Waals surface area (Å²) in [6, 6.07) is 6.08. The summed E-state index contributed by atoms with van der Waals surface area (Å²) in [5, 5.41) is 10.5. The fourth-order valence-corrected chi connectivity index (χ4v) is 2.88. The van der Waals surface area contributed by atoms with Gasteiger partial charge in [0.1, 0.15) is 0 Å². The Morgan fingerprint density at radius 2 is 2.00 bits per heavy atom. The van der Waals surface area contributed by atoms with Crippen molar-refractivity contribution in [1.82, 2.24) is 0 Å². The van der Waals surface area contributed by atoms with E-state index in [1.807, 2.05) is 6.92 Å². The van der Waals surface area contributed by atoms with Gasteiger partial charge in [0.15, 0.2) is 9.84 Å². The number of nitrogens with zero attached hydrogens (tertiary/aromatic N) is 1. The Kier molecular flexibility index (Phi) is 4.62. The number of benzene rings is 1. The second kappa shape index (κ2) is 5.77. The molecule has 0 bridgehead atoms.